The Kier molecular flexibility index (Phi) is 7.44. The number of hydrogen-bond donors (Lipinski definition) is 1. The molecule has 1 rings (SSSR count). The molecule has 0 aromatic rings. The molecule has 0 amide bonds. The monoisotopic (exact) mass is 262 g/mol. The molecule has 1 aliphatic heterocycles. The minimum absolute atomic E-state index is 0.334. The number of ether oxygens (including phenoxy) is 1. The van der Waals surface area contributed by atoms with Gasteiger partial charge in [0.1, 0.15) is 0 Å². The number of morpholine rings is 1. The molecule has 1 saturated heterocycles. The van der Waals surface area contributed by atoms with Crippen LogP contribution in [-0.2, 0) is 4.74 Å². The summed E-state index contributed by atoms with van der Waals surface area (Å²) in [6.45, 7) is 11.7. The topological polar surface area (TPSA) is 24.5 Å². The van der Waals surface area contributed by atoms with Crippen molar-refractivity contribution in [2.75, 3.05) is 38.7 Å². The molecule has 0 aromatic heterocycles. The van der Waals surface area contributed by atoms with Gasteiger partial charge in [0.2, 0.25) is 0 Å². The first-order chi connectivity index (χ1) is 8.17. The summed E-state index contributed by atoms with van der Waals surface area (Å²) in [6, 6.07) is 0.508. The van der Waals surface area contributed by atoms with Gasteiger partial charge < -0.3 is 10.1 Å². The highest BCUT2D eigenvalue weighted by atomic mass is 35.5. The Balaban J connectivity index is 2.27. The fourth-order valence-electron chi connectivity index (χ4n) is 2.26. The summed E-state index contributed by atoms with van der Waals surface area (Å²) in [4.78, 5) is 2.45. The number of hydrogen-bond acceptors (Lipinski definition) is 3. The molecule has 0 saturated carbocycles. The highest BCUT2D eigenvalue weighted by Gasteiger charge is 2.21. The van der Waals surface area contributed by atoms with Gasteiger partial charge in [0.25, 0.3) is 0 Å². The summed E-state index contributed by atoms with van der Waals surface area (Å²) in [6.07, 6.45) is 1.36. The second-order valence-corrected chi connectivity index (χ2v) is 5.50. The first-order valence-electron chi connectivity index (χ1n) is 6.80. The molecular weight excluding hydrogens is 236 g/mol. The van der Waals surface area contributed by atoms with E-state index in [1.165, 1.54) is 0 Å². The van der Waals surface area contributed by atoms with Gasteiger partial charge in [-0.3, -0.25) is 4.90 Å². The van der Waals surface area contributed by atoms with Gasteiger partial charge in [-0.1, -0.05) is 20.8 Å². The molecule has 17 heavy (non-hydrogen) atoms. The van der Waals surface area contributed by atoms with Gasteiger partial charge in [-0.25, -0.2) is 0 Å². The first-order valence-corrected chi connectivity index (χ1v) is 7.34. The molecule has 2 unspecified atom stereocenters. The van der Waals surface area contributed by atoms with Gasteiger partial charge in [0, 0.05) is 31.6 Å². The number of halogens is 1. The minimum atomic E-state index is 0.334. The third-order valence-corrected chi connectivity index (χ3v) is 3.72. The molecule has 102 valence electrons. The lowest BCUT2D eigenvalue weighted by molar-refractivity contribution is -0.0269. The maximum Gasteiger partial charge on any atom is 0.0826 e. The summed E-state index contributed by atoms with van der Waals surface area (Å²) in [7, 11) is 0. The Bertz CT molecular complexity index is 202. The van der Waals surface area contributed by atoms with Gasteiger partial charge in [0.15, 0.2) is 0 Å². The fourth-order valence-corrected chi connectivity index (χ4v) is 2.50. The van der Waals surface area contributed by atoms with Crippen molar-refractivity contribution < 1.29 is 4.74 Å². The quantitative estimate of drug-likeness (QED) is 0.710. The van der Waals surface area contributed by atoms with E-state index in [0.717, 1.165) is 45.1 Å². The van der Waals surface area contributed by atoms with Crippen LogP contribution < -0.4 is 5.32 Å². The number of nitrogens with zero attached hydrogens (tertiary/aromatic N) is 1. The van der Waals surface area contributed by atoms with Crippen molar-refractivity contribution in [1.82, 2.24) is 10.2 Å². The molecular formula is C13H27ClN2O. The van der Waals surface area contributed by atoms with Crippen LogP contribution in [0.3, 0.4) is 0 Å². The Morgan fingerprint density at radius 1 is 1.47 bits per heavy atom. The first kappa shape index (κ1) is 15.2. The average molecular weight is 263 g/mol. The van der Waals surface area contributed by atoms with Crippen molar-refractivity contribution in [3.63, 3.8) is 0 Å². The Morgan fingerprint density at radius 3 is 2.82 bits per heavy atom. The predicted octanol–water partition coefficient (Wildman–Crippen LogP) is 1.95. The van der Waals surface area contributed by atoms with E-state index in [4.69, 9.17) is 16.3 Å². The van der Waals surface area contributed by atoms with E-state index >= 15 is 0 Å². The predicted molar refractivity (Wildman–Crippen MR) is 73.8 cm³/mol. The van der Waals surface area contributed by atoms with Crippen LogP contribution in [0.25, 0.3) is 0 Å². The Morgan fingerprint density at radius 2 is 2.24 bits per heavy atom. The van der Waals surface area contributed by atoms with Gasteiger partial charge in [-0.2, -0.15) is 0 Å². The molecule has 3 nitrogen and oxygen atoms in total. The van der Waals surface area contributed by atoms with E-state index in [1.807, 2.05) is 0 Å². The van der Waals surface area contributed by atoms with Crippen molar-refractivity contribution >= 4 is 11.6 Å². The number of alkyl halides is 1. The molecule has 0 aromatic carbocycles. The van der Waals surface area contributed by atoms with Crippen LogP contribution in [0.5, 0.6) is 0 Å². The molecule has 0 aliphatic carbocycles. The normalized spacial score (nSPS) is 24.2. The second-order valence-electron chi connectivity index (χ2n) is 5.12. The molecule has 4 heteroatoms. The van der Waals surface area contributed by atoms with Crippen molar-refractivity contribution in [2.45, 2.75) is 39.3 Å². The van der Waals surface area contributed by atoms with Crippen molar-refractivity contribution in [1.29, 1.82) is 0 Å². The zero-order chi connectivity index (χ0) is 12.7. The van der Waals surface area contributed by atoms with E-state index in [-0.39, 0.29) is 0 Å². The number of rotatable bonds is 7. The number of likely N-dealkylation sites (N-methyl/N-ethyl adjacent to an activating group) is 1. The van der Waals surface area contributed by atoms with Crippen LogP contribution in [0.15, 0.2) is 0 Å². The lowest BCUT2D eigenvalue weighted by Gasteiger charge is -2.33. The maximum atomic E-state index is 5.83. The fraction of sp³-hybridized carbons (Fsp3) is 1.00. The van der Waals surface area contributed by atoms with Gasteiger partial charge in [-0.15, -0.1) is 11.6 Å². The Labute approximate surface area is 111 Å². The summed E-state index contributed by atoms with van der Waals surface area (Å²) in [5.74, 6) is 1.35. The van der Waals surface area contributed by atoms with E-state index in [9.17, 15) is 0 Å². The minimum Gasteiger partial charge on any atom is -0.374 e. The summed E-state index contributed by atoms with van der Waals surface area (Å²) in [5, 5.41) is 3.60. The standard InChI is InChI=1S/C13H27ClN2O/c1-4-16-7-8-17-12(10-16)9-15-13(5-6-14)11(2)3/h11-13,15H,4-10H2,1-3H3. The van der Waals surface area contributed by atoms with Crippen LogP contribution in [0.4, 0.5) is 0 Å². The zero-order valence-electron chi connectivity index (χ0n) is 11.4. The Hall–Kier alpha value is 0.170. The van der Waals surface area contributed by atoms with Crippen LogP contribution >= 0.6 is 11.6 Å². The van der Waals surface area contributed by atoms with E-state index in [1.54, 1.807) is 0 Å². The highest BCUT2D eigenvalue weighted by Crippen LogP contribution is 2.09. The highest BCUT2D eigenvalue weighted by molar-refractivity contribution is 6.17. The molecule has 1 heterocycles. The largest absolute Gasteiger partial charge is 0.374 e. The van der Waals surface area contributed by atoms with Crippen LogP contribution in [0.1, 0.15) is 27.2 Å². The molecule has 0 spiro atoms. The van der Waals surface area contributed by atoms with Crippen LogP contribution in [0, 0.1) is 5.92 Å². The second kappa shape index (κ2) is 8.30. The third-order valence-electron chi connectivity index (χ3n) is 3.50. The van der Waals surface area contributed by atoms with Gasteiger partial charge in [0.05, 0.1) is 12.7 Å². The average Bonchev–Trinajstić information content (AvgIpc) is 2.34. The molecule has 1 N–H and O–H groups in total. The van der Waals surface area contributed by atoms with E-state index in [0.29, 0.717) is 18.1 Å². The molecule has 0 radical (unpaired) electrons. The summed E-state index contributed by atoms with van der Waals surface area (Å²) >= 11 is 5.83. The molecule has 0 bridgehead atoms. The van der Waals surface area contributed by atoms with Crippen LogP contribution in [-0.4, -0.2) is 55.7 Å². The lowest BCUT2D eigenvalue weighted by Crippen LogP contribution is -2.48. The summed E-state index contributed by atoms with van der Waals surface area (Å²) in [5.41, 5.74) is 0. The molecule has 2 atom stereocenters. The van der Waals surface area contributed by atoms with E-state index < -0.39 is 0 Å². The van der Waals surface area contributed by atoms with Crippen molar-refractivity contribution in [3.8, 4) is 0 Å². The molecule has 1 aliphatic rings. The number of nitrogens with one attached hydrogen (secondary N) is 1. The zero-order valence-corrected chi connectivity index (χ0v) is 12.2. The van der Waals surface area contributed by atoms with Crippen molar-refractivity contribution in [3.05, 3.63) is 0 Å². The maximum absolute atomic E-state index is 5.83. The van der Waals surface area contributed by atoms with Gasteiger partial charge in [-0.05, 0) is 18.9 Å². The SMILES string of the molecule is CCN1CCOC(CNC(CCCl)C(C)C)C1. The van der Waals surface area contributed by atoms with Gasteiger partial charge >= 0.3 is 0 Å². The van der Waals surface area contributed by atoms with Crippen LogP contribution in [0.2, 0.25) is 0 Å². The van der Waals surface area contributed by atoms with Crippen molar-refractivity contribution in [2.24, 2.45) is 5.92 Å². The third kappa shape index (κ3) is 5.56. The summed E-state index contributed by atoms with van der Waals surface area (Å²) < 4.78 is 5.78. The van der Waals surface area contributed by atoms with E-state index in [2.05, 4.69) is 31.0 Å². The lowest BCUT2D eigenvalue weighted by atomic mass is 10.0. The molecule has 1 fully saturated rings. The smallest absolute Gasteiger partial charge is 0.0826 e.